The van der Waals surface area contributed by atoms with E-state index in [1.807, 2.05) is 30.5 Å². The number of carboxylic acid groups (broad SMARTS) is 2. The minimum Gasteiger partial charge on any atom is -0.478 e. The summed E-state index contributed by atoms with van der Waals surface area (Å²) in [5.41, 5.74) is 0.998. The lowest BCUT2D eigenvalue weighted by Crippen LogP contribution is -1.91. The first-order chi connectivity index (χ1) is 8.59. The standard InChI is InChI=1S/C8H6N2.C4H4O4/c1-2-4-8-7(3-1)5-9-6-10-8;5-3(6)1-2-4(7)8/h1-6H;1-2H,(H,5,6)(H,7,8)/b;2-1+. The number of nitrogens with zero attached hydrogens (tertiary/aromatic N) is 2. The van der Waals surface area contributed by atoms with Crippen molar-refractivity contribution in [3.05, 3.63) is 48.9 Å². The quantitative estimate of drug-likeness (QED) is 0.775. The molecule has 2 N–H and O–H groups in total. The van der Waals surface area contributed by atoms with Gasteiger partial charge in [-0.3, -0.25) is 0 Å². The van der Waals surface area contributed by atoms with Crippen molar-refractivity contribution >= 4 is 22.8 Å². The molecule has 0 saturated heterocycles. The summed E-state index contributed by atoms with van der Waals surface area (Å²) in [5, 5.41) is 16.7. The molecule has 0 spiro atoms. The van der Waals surface area contributed by atoms with E-state index in [-0.39, 0.29) is 0 Å². The topological polar surface area (TPSA) is 100 Å². The third-order valence-corrected chi connectivity index (χ3v) is 1.78. The molecular weight excluding hydrogens is 236 g/mol. The fourth-order valence-electron chi connectivity index (χ4n) is 1.07. The van der Waals surface area contributed by atoms with Gasteiger partial charge in [0.25, 0.3) is 0 Å². The van der Waals surface area contributed by atoms with Gasteiger partial charge in [0.05, 0.1) is 5.52 Å². The van der Waals surface area contributed by atoms with Crippen LogP contribution >= 0.6 is 0 Å². The molecule has 92 valence electrons. The Labute approximate surface area is 102 Å². The van der Waals surface area contributed by atoms with Crippen molar-refractivity contribution < 1.29 is 19.8 Å². The van der Waals surface area contributed by atoms with Crippen LogP contribution in [-0.2, 0) is 9.59 Å². The highest BCUT2D eigenvalue weighted by molar-refractivity contribution is 5.89. The third-order valence-electron chi connectivity index (χ3n) is 1.78. The van der Waals surface area contributed by atoms with Crippen molar-refractivity contribution in [1.29, 1.82) is 0 Å². The maximum atomic E-state index is 9.55. The van der Waals surface area contributed by atoms with Crippen molar-refractivity contribution in [2.75, 3.05) is 0 Å². The first kappa shape index (κ1) is 13.3. The third kappa shape index (κ3) is 4.84. The van der Waals surface area contributed by atoms with Crippen LogP contribution < -0.4 is 0 Å². The Balaban J connectivity index is 0.000000187. The molecule has 0 aliphatic heterocycles. The lowest BCUT2D eigenvalue weighted by Gasteiger charge is -1.90. The molecule has 2 aromatic rings. The SMILES string of the molecule is O=C(O)/C=C/C(=O)O.c1ccc2ncncc2c1. The molecule has 0 unspecified atom stereocenters. The summed E-state index contributed by atoms with van der Waals surface area (Å²) in [4.78, 5) is 27.1. The molecule has 0 fully saturated rings. The zero-order valence-corrected chi connectivity index (χ0v) is 9.22. The first-order valence-electron chi connectivity index (χ1n) is 4.88. The molecule has 0 radical (unpaired) electrons. The largest absolute Gasteiger partial charge is 0.478 e. The van der Waals surface area contributed by atoms with E-state index in [1.54, 1.807) is 6.33 Å². The molecule has 6 nitrogen and oxygen atoms in total. The van der Waals surface area contributed by atoms with Gasteiger partial charge >= 0.3 is 11.9 Å². The Morgan fingerprint density at radius 1 is 1.06 bits per heavy atom. The number of benzene rings is 1. The summed E-state index contributed by atoms with van der Waals surface area (Å²) in [6.07, 6.45) is 4.48. The molecule has 0 atom stereocenters. The van der Waals surface area contributed by atoms with E-state index in [4.69, 9.17) is 10.2 Å². The molecule has 0 amide bonds. The van der Waals surface area contributed by atoms with Crippen LogP contribution in [0.4, 0.5) is 0 Å². The fraction of sp³-hybridized carbons (Fsp3) is 0. The van der Waals surface area contributed by atoms with Crippen LogP contribution in [0.2, 0.25) is 0 Å². The van der Waals surface area contributed by atoms with Gasteiger partial charge in [-0.2, -0.15) is 0 Å². The molecule has 1 aromatic carbocycles. The van der Waals surface area contributed by atoms with Crippen LogP contribution in [0.3, 0.4) is 0 Å². The molecule has 6 heteroatoms. The second-order valence-electron chi connectivity index (χ2n) is 3.09. The Hall–Kier alpha value is -2.76. The van der Waals surface area contributed by atoms with Gasteiger partial charge in [0, 0.05) is 23.7 Å². The molecule has 1 heterocycles. The maximum Gasteiger partial charge on any atom is 0.328 e. The average Bonchev–Trinajstić information content (AvgIpc) is 2.37. The van der Waals surface area contributed by atoms with Gasteiger partial charge in [-0.15, -0.1) is 0 Å². The number of hydrogen-bond donors (Lipinski definition) is 2. The van der Waals surface area contributed by atoms with Gasteiger partial charge in [-0.25, -0.2) is 19.6 Å². The van der Waals surface area contributed by atoms with E-state index in [0.717, 1.165) is 10.9 Å². The van der Waals surface area contributed by atoms with E-state index < -0.39 is 11.9 Å². The van der Waals surface area contributed by atoms with Crippen molar-refractivity contribution in [3.8, 4) is 0 Å². The van der Waals surface area contributed by atoms with Crippen LogP contribution in [0.15, 0.2) is 48.9 Å². The Morgan fingerprint density at radius 2 is 1.67 bits per heavy atom. The summed E-state index contributed by atoms with van der Waals surface area (Å²) in [7, 11) is 0. The maximum absolute atomic E-state index is 9.55. The molecule has 2 rings (SSSR count). The van der Waals surface area contributed by atoms with E-state index in [0.29, 0.717) is 12.2 Å². The van der Waals surface area contributed by atoms with Crippen LogP contribution in [0, 0.1) is 0 Å². The molecule has 1 aromatic heterocycles. The lowest BCUT2D eigenvalue weighted by molar-refractivity contribution is -0.134. The van der Waals surface area contributed by atoms with Gasteiger partial charge in [0.1, 0.15) is 6.33 Å². The summed E-state index contributed by atoms with van der Waals surface area (Å²) >= 11 is 0. The van der Waals surface area contributed by atoms with Gasteiger partial charge in [-0.05, 0) is 6.07 Å². The first-order valence-corrected chi connectivity index (χ1v) is 4.88. The van der Waals surface area contributed by atoms with Gasteiger partial charge in [0.15, 0.2) is 0 Å². The van der Waals surface area contributed by atoms with E-state index >= 15 is 0 Å². The minimum absolute atomic E-state index is 0.558. The van der Waals surface area contributed by atoms with Crippen molar-refractivity contribution in [3.63, 3.8) is 0 Å². The predicted octanol–water partition coefficient (Wildman–Crippen LogP) is 1.34. The van der Waals surface area contributed by atoms with Crippen LogP contribution in [0.25, 0.3) is 10.9 Å². The summed E-state index contributed by atoms with van der Waals surface area (Å²) in [6, 6.07) is 7.91. The average molecular weight is 246 g/mol. The number of fused-ring (bicyclic) bond motifs is 1. The van der Waals surface area contributed by atoms with E-state index in [1.165, 1.54) is 0 Å². The van der Waals surface area contributed by atoms with Crippen LogP contribution in [0.5, 0.6) is 0 Å². The Bertz CT molecular complexity index is 500. The van der Waals surface area contributed by atoms with Crippen molar-refractivity contribution in [2.24, 2.45) is 0 Å². The normalized spacial score (nSPS) is 9.78. The molecule has 0 aliphatic rings. The predicted molar refractivity (Wildman–Crippen MR) is 63.9 cm³/mol. The second kappa shape index (κ2) is 6.74. The molecular formula is C12H10N2O4. The Morgan fingerprint density at radius 3 is 2.22 bits per heavy atom. The zero-order chi connectivity index (χ0) is 13.4. The summed E-state index contributed by atoms with van der Waals surface area (Å²) in [5.74, 6) is -2.51. The lowest BCUT2D eigenvalue weighted by atomic mass is 10.2. The number of carboxylic acids is 2. The van der Waals surface area contributed by atoms with E-state index in [2.05, 4.69) is 9.97 Å². The highest BCUT2D eigenvalue weighted by atomic mass is 16.4. The number of para-hydroxylation sites is 1. The highest BCUT2D eigenvalue weighted by Crippen LogP contribution is 2.06. The molecule has 0 bridgehead atoms. The highest BCUT2D eigenvalue weighted by Gasteiger charge is 1.88. The van der Waals surface area contributed by atoms with E-state index in [9.17, 15) is 9.59 Å². The number of aromatic nitrogens is 2. The number of carbonyl (C=O) groups is 2. The van der Waals surface area contributed by atoms with Crippen molar-refractivity contribution in [1.82, 2.24) is 9.97 Å². The van der Waals surface area contributed by atoms with Gasteiger partial charge in [-0.1, -0.05) is 18.2 Å². The second-order valence-corrected chi connectivity index (χ2v) is 3.09. The summed E-state index contributed by atoms with van der Waals surface area (Å²) in [6.45, 7) is 0. The van der Waals surface area contributed by atoms with Crippen LogP contribution in [0.1, 0.15) is 0 Å². The number of hydrogen-bond acceptors (Lipinski definition) is 4. The van der Waals surface area contributed by atoms with Crippen LogP contribution in [-0.4, -0.2) is 32.1 Å². The minimum atomic E-state index is -1.26. The summed E-state index contributed by atoms with van der Waals surface area (Å²) < 4.78 is 0. The van der Waals surface area contributed by atoms with Gasteiger partial charge in [0.2, 0.25) is 0 Å². The van der Waals surface area contributed by atoms with Gasteiger partial charge < -0.3 is 10.2 Å². The Kier molecular flexibility index (Phi) is 4.98. The molecule has 0 aliphatic carbocycles. The zero-order valence-electron chi connectivity index (χ0n) is 9.22. The smallest absolute Gasteiger partial charge is 0.328 e. The monoisotopic (exact) mass is 246 g/mol. The number of aliphatic carboxylic acids is 2. The molecule has 18 heavy (non-hydrogen) atoms. The molecule has 0 saturated carbocycles. The fourth-order valence-corrected chi connectivity index (χ4v) is 1.07. The number of rotatable bonds is 2. The van der Waals surface area contributed by atoms with Crippen molar-refractivity contribution in [2.45, 2.75) is 0 Å².